The van der Waals surface area contributed by atoms with Gasteiger partial charge in [-0.15, -0.1) is 11.3 Å². The highest BCUT2D eigenvalue weighted by Crippen LogP contribution is 2.28. The molecule has 0 fully saturated rings. The smallest absolute Gasteiger partial charge is 0.344 e. The van der Waals surface area contributed by atoms with Crippen molar-refractivity contribution in [2.75, 3.05) is 6.61 Å². The lowest BCUT2D eigenvalue weighted by atomic mass is 9.95. The Hall–Kier alpha value is -2.68. The summed E-state index contributed by atoms with van der Waals surface area (Å²) < 4.78 is 59.6. The molecule has 0 spiro atoms. The monoisotopic (exact) mass is 387 g/mol. The van der Waals surface area contributed by atoms with E-state index >= 15 is 0 Å². The summed E-state index contributed by atoms with van der Waals surface area (Å²) in [6.45, 7) is 2.23. The maximum atomic E-state index is 14.2. The summed E-state index contributed by atoms with van der Waals surface area (Å²) in [5.41, 5.74) is 2.81. The molecule has 2 rings (SSSR count). The van der Waals surface area contributed by atoms with E-state index in [1.165, 1.54) is 13.0 Å². The van der Waals surface area contributed by atoms with Crippen molar-refractivity contribution in [2.45, 2.75) is 13.8 Å². The lowest BCUT2D eigenvalue weighted by Crippen LogP contribution is -2.23. The molecule has 0 aliphatic carbocycles. The molecular formula is C17H13F4NO3S. The largest absolute Gasteiger partial charge is 0.462 e. The molecule has 2 N–H and O–H groups in total. The van der Waals surface area contributed by atoms with Crippen molar-refractivity contribution in [3.63, 3.8) is 0 Å². The van der Waals surface area contributed by atoms with Crippen LogP contribution in [0, 0.1) is 30.2 Å². The van der Waals surface area contributed by atoms with Gasteiger partial charge >= 0.3 is 5.97 Å². The fourth-order valence-corrected chi connectivity index (χ4v) is 2.91. The fraction of sp³-hybridized carbons (Fsp3) is 0.176. The first-order valence-corrected chi connectivity index (χ1v) is 8.18. The molecule has 4 nitrogen and oxygen atoms in total. The van der Waals surface area contributed by atoms with Gasteiger partial charge in [-0.25, -0.2) is 22.4 Å². The Labute approximate surface area is 149 Å². The minimum absolute atomic E-state index is 0.124. The number of carbonyl (C=O) groups excluding carboxylic acids is 2. The molecular weight excluding hydrogens is 374 g/mol. The minimum atomic E-state index is -2.16. The van der Waals surface area contributed by atoms with E-state index in [1.54, 1.807) is 11.4 Å². The van der Waals surface area contributed by atoms with Crippen LogP contribution in [0.15, 0.2) is 23.1 Å². The number of Topliss-reactive ketones (excluding diaryl/α,β-unsaturated/α-hetero) is 1. The van der Waals surface area contributed by atoms with E-state index < -0.39 is 51.7 Å². The van der Waals surface area contributed by atoms with Gasteiger partial charge in [-0.2, -0.15) is 0 Å². The number of hydrogen-bond donors (Lipinski definition) is 1. The maximum absolute atomic E-state index is 14.2. The van der Waals surface area contributed by atoms with E-state index in [4.69, 9.17) is 10.5 Å². The highest BCUT2D eigenvalue weighted by molar-refractivity contribution is 7.11. The molecule has 0 aliphatic heterocycles. The average Bonchev–Trinajstić information content (AvgIpc) is 3.13. The quantitative estimate of drug-likeness (QED) is 0.124. The van der Waals surface area contributed by atoms with Gasteiger partial charge in [0.05, 0.1) is 22.7 Å². The number of nitrogens with two attached hydrogens (primary N) is 1. The molecule has 2 aromatic rings. The Kier molecular flexibility index (Phi) is 5.81. The number of ketones is 1. The molecule has 1 aromatic carbocycles. The van der Waals surface area contributed by atoms with Crippen LogP contribution in [0.5, 0.6) is 0 Å². The second kappa shape index (κ2) is 7.69. The Balaban J connectivity index is 2.74. The Morgan fingerprint density at radius 2 is 1.73 bits per heavy atom. The zero-order chi connectivity index (χ0) is 19.6. The zero-order valence-electron chi connectivity index (χ0n) is 13.7. The van der Waals surface area contributed by atoms with Crippen molar-refractivity contribution >= 4 is 28.8 Å². The number of benzene rings is 1. The number of carbonyl (C=O) groups is 2. The molecule has 1 heterocycles. The van der Waals surface area contributed by atoms with Crippen molar-refractivity contribution in [3.8, 4) is 0 Å². The molecule has 0 saturated carbocycles. The SMILES string of the molecule is CCOC(=O)C(C(=O)c1c(C)c(F)c(F)c(F)c1F)=C(N)c1cccs1. The summed E-state index contributed by atoms with van der Waals surface area (Å²) in [7, 11) is 0. The molecule has 0 amide bonds. The van der Waals surface area contributed by atoms with Crippen LogP contribution in [-0.4, -0.2) is 18.4 Å². The Bertz CT molecular complexity index is 878. The topological polar surface area (TPSA) is 69.4 Å². The van der Waals surface area contributed by atoms with Gasteiger partial charge < -0.3 is 10.5 Å². The third kappa shape index (κ3) is 3.34. The lowest BCUT2D eigenvalue weighted by Gasteiger charge is -2.13. The van der Waals surface area contributed by atoms with Gasteiger partial charge in [0.2, 0.25) is 5.78 Å². The highest BCUT2D eigenvalue weighted by atomic mass is 32.1. The van der Waals surface area contributed by atoms with Crippen molar-refractivity contribution in [3.05, 3.63) is 62.4 Å². The van der Waals surface area contributed by atoms with Gasteiger partial charge in [-0.1, -0.05) is 6.07 Å². The van der Waals surface area contributed by atoms with E-state index in [0.29, 0.717) is 4.88 Å². The first-order chi connectivity index (χ1) is 12.2. The van der Waals surface area contributed by atoms with E-state index in [1.807, 2.05) is 0 Å². The second-order valence-corrected chi connectivity index (χ2v) is 6.02. The normalized spacial score (nSPS) is 11.9. The average molecular weight is 387 g/mol. The van der Waals surface area contributed by atoms with E-state index in [9.17, 15) is 27.2 Å². The Morgan fingerprint density at radius 1 is 1.12 bits per heavy atom. The summed E-state index contributed by atoms with van der Waals surface area (Å²) in [5.74, 6) is -10.4. The van der Waals surface area contributed by atoms with Crippen LogP contribution in [0.4, 0.5) is 17.6 Å². The first kappa shape index (κ1) is 19.6. The molecule has 0 aliphatic rings. The van der Waals surface area contributed by atoms with Gasteiger partial charge in [0, 0.05) is 5.56 Å². The molecule has 0 radical (unpaired) electrons. The fourth-order valence-electron chi connectivity index (χ4n) is 2.22. The van der Waals surface area contributed by atoms with Gasteiger partial charge in [0.15, 0.2) is 23.3 Å². The van der Waals surface area contributed by atoms with Crippen LogP contribution in [0.1, 0.15) is 27.7 Å². The highest BCUT2D eigenvalue weighted by Gasteiger charge is 2.33. The van der Waals surface area contributed by atoms with Crippen LogP contribution < -0.4 is 5.73 Å². The zero-order valence-corrected chi connectivity index (χ0v) is 14.5. The predicted molar refractivity (Wildman–Crippen MR) is 87.4 cm³/mol. The van der Waals surface area contributed by atoms with Gasteiger partial charge in [-0.3, -0.25) is 4.79 Å². The first-order valence-electron chi connectivity index (χ1n) is 7.30. The van der Waals surface area contributed by atoms with Gasteiger partial charge in [0.1, 0.15) is 5.57 Å². The second-order valence-electron chi connectivity index (χ2n) is 5.07. The number of esters is 1. The molecule has 0 unspecified atom stereocenters. The van der Waals surface area contributed by atoms with Crippen LogP contribution in [0.2, 0.25) is 0 Å². The van der Waals surface area contributed by atoms with E-state index in [0.717, 1.165) is 18.3 Å². The van der Waals surface area contributed by atoms with Crippen molar-refractivity contribution in [1.29, 1.82) is 0 Å². The number of ether oxygens (including phenoxy) is 1. The summed E-state index contributed by atoms with van der Waals surface area (Å²) in [4.78, 5) is 25.2. The molecule has 26 heavy (non-hydrogen) atoms. The van der Waals surface area contributed by atoms with Gasteiger partial charge in [-0.05, 0) is 25.3 Å². The van der Waals surface area contributed by atoms with Crippen molar-refractivity contribution in [1.82, 2.24) is 0 Å². The van der Waals surface area contributed by atoms with Gasteiger partial charge in [0.25, 0.3) is 0 Å². The summed E-state index contributed by atoms with van der Waals surface area (Å²) in [6, 6.07) is 3.07. The number of thiophene rings is 1. The molecule has 9 heteroatoms. The molecule has 138 valence electrons. The minimum Gasteiger partial charge on any atom is -0.462 e. The summed E-state index contributed by atoms with van der Waals surface area (Å²) >= 11 is 1.08. The molecule has 0 atom stereocenters. The Morgan fingerprint density at radius 3 is 2.27 bits per heavy atom. The van der Waals surface area contributed by atoms with Crippen LogP contribution in [-0.2, 0) is 9.53 Å². The number of rotatable bonds is 5. The van der Waals surface area contributed by atoms with Crippen LogP contribution in [0.25, 0.3) is 5.70 Å². The standard InChI is InChI=1S/C17H13F4NO3S/c1-3-25-17(24)10(15(22)8-5-4-6-26-8)16(23)9-7(2)11(18)13(20)14(21)12(9)19/h4-6H,3,22H2,1-2H3. The number of halogens is 4. The predicted octanol–water partition coefficient (Wildman–Crippen LogP) is 3.73. The molecule has 1 aromatic heterocycles. The van der Waals surface area contributed by atoms with Crippen LogP contribution in [0.3, 0.4) is 0 Å². The molecule has 0 bridgehead atoms. The number of hydrogen-bond acceptors (Lipinski definition) is 5. The molecule has 0 saturated heterocycles. The maximum Gasteiger partial charge on any atom is 0.344 e. The van der Waals surface area contributed by atoms with E-state index in [2.05, 4.69) is 0 Å². The van der Waals surface area contributed by atoms with Crippen molar-refractivity contribution < 1.29 is 31.9 Å². The van der Waals surface area contributed by atoms with Crippen molar-refractivity contribution in [2.24, 2.45) is 5.73 Å². The summed E-state index contributed by atoms with van der Waals surface area (Å²) in [6.07, 6.45) is 0. The third-order valence-corrected chi connectivity index (χ3v) is 4.39. The third-order valence-electron chi connectivity index (χ3n) is 3.49. The summed E-state index contributed by atoms with van der Waals surface area (Å²) in [5, 5.41) is 1.61. The van der Waals surface area contributed by atoms with E-state index in [-0.39, 0.29) is 12.3 Å². The van der Waals surface area contributed by atoms with Crippen LogP contribution >= 0.6 is 11.3 Å². The lowest BCUT2D eigenvalue weighted by molar-refractivity contribution is -0.138.